The van der Waals surface area contributed by atoms with Crippen LogP contribution in [0.15, 0.2) is 41.8 Å². The van der Waals surface area contributed by atoms with Gasteiger partial charge < -0.3 is 15.0 Å². The number of thiophene rings is 1. The van der Waals surface area contributed by atoms with Gasteiger partial charge in [-0.25, -0.2) is 0 Å². The number of nitrogens with zero attached hydrogens (tertiary/aromatic N) is 2. The molecule has 0 unspecified atom stereocenters. The maximum atomic E-state index is 8.70. The molecule has 25 heavy (non-hydrogen) atoms. The highest BCUT2D eigenvalue weighted by molar-refractivity contribution is 7.10. The van der Waals surface area contributed by atoms with E-state index in [4.69, 9.17) is 10.00 Å². The van der Waals surface area contributed by atoms with Crippen LogP contribution in [-0.2, 0) is 6.42 Å². The van der Waals surface area contributed by atoms with E-state index in [0.717, 1.165) is 38.2 Å². The standard InChI is InChI=1S/C20H27N3OS/c1-22-13-10-19(20-9-5-16-25-20)24-18-8-4-3-7-17(18)11-15-23(2)14-6-12-21/h3-5,7-9,16,19,22H,6,10-11,13-15H2,1-2H3/t19-/m1/s1. The van der Waals surface area contributed by atoms with E-state index < -0.39 is 0 Å². The summed E-state index contributed by atoms with van der Waals surface area (Å²) in [6.07, 6.45) is 2.50. The van der Waals surface area contributed by atoms with Crippen molar-refractivity contribution in [3.63, 3.8) is 0 Å². The first kappa shape index (κ1) is 19.5. The topological polar surface area (TPSA) is 48.3 Å². The number of para-hydroxylation sites is 1. The van der Waals surface area contributed by atoms with E-state index in [1.807, 2.05) is 13.1 Å². The first-order valence-electron chi connectivity index (χ1n) is 8.72. The van der Waals surface area contributed by atoms with Crippen LogP contribution in [0.2, 0.25) is 0 Å². The van der Waals surface area contributed by atoms with Crippen LogP contribution >= 0.6 is 11.3 Å². The third-order valence-corrected chi connectivity index (χ3v) is 5.09. The summed E-state index contributed by atoms with van der Waals surface area (Å²) in [6.45, 7) is 2.64. The number of hydrogen-bond donors (Lipinski definition) is 1. The summed E-state index contributed by atoms with van der Waals surface area (Å²) >= 11 is 1.74. The maximum Gasteiger partial charge on any atom is 0.134 e. The van der Waals surface area contributed by atoms with Crippen molar-refractivity contribution in [2.24, 2.45) is 0 Å². The average Bonchev–Trinajstić information content (AvgIpc) is 3.17. The smallest absolute Gasteiger partial charge is 0.134 e. The molecule has 5 heteroatoms. The predicted octanol–water partition coefficient (Wildman–Crippen LogP) is 3.87. The van der Waals surface area contributed by atoms with E-state index in [1.54, 1.807) is 11.3 Å². The summed E-state index contributed by atoms with van der Waals surface area (Å²) in [7, 11) is 4.03. The Morgan fingerprint density at radius 3 is 2.80 bits per heavy atom. The molecule has 0 spiro atoms. The number of ether oxygens (including phenoxy) is 1. The molecule has 0 aliphatic carbocycles. The Kier molecular flexibility index (Phi) is 8.47. The summed E-state index contributed by atoms with van der Waals surface area (Å²) in [5, 5.41) is 14.0. The van der Waals surface area contributed by atoms with Crippen molar-refractivity contribution >= 4 is 11.3 Å². The average molecular weight is 358 g/mol. The molecule has 0 saturated carbocycles. The number of rotatable bonds is 11. The van der Waals surface area contributed by atoms with Crippen molar-refractivity contribution < 1.29 is 4.74 Å². The van der Waals surface area contributed by atoms with Gasteiger partial charge in [-0.05, 0) is 50.1 Å². The molecule has 0 fully saturated rings. The summed E-state index contributed by atoms with van der Waals surface area (Å²) < 4.78 is 6.41. The van der Waals surface area contributed by atoms with Gasteiger partial charge in [-0.3, -0.25) is 0 Å². The molecule has 1 atom stereocenters. The number of nitriles is 1. The number of likely N-dealkylation sites (N-methyl/N-ethyl adjacent to an activating group) is 1. The van der Waals surface area contributed by atoms with Gasteiger partial charge in [0.2, 0.25) is 0 Å². The lowest BCUT2D eigenvalue weighted by atomic mass is 10.1. The molecule has 0 aliphatic rings. The molecule has 0 aliphatic heterocycles. The minimum Gasteiger partial charge on any atom is -0.485 e. The van der Waals surface area contributed by atoms with E-state index in [2.05, 4.69) is 59.0 Å². The van der Waals surface area contributed by atoms with Crippen molar-refractivity contribution in [1.82, 2.24) is 10.2 Å². The van der Waals surface area contributed by atoms with Gasteiger partial charge in [-0.2, -0.15) is 5.26 Å². The lowest BCUT2D eigenvalue weighted by Crippen LogP contribution is -2.22. The van der Waals surface area contributed by atoms with Gasteiger partial charge >= 0.3 is 0 Å². The SMILES string of the molecule is CNCC[C@@H](Oc1ccccc1CCN(C)CCC#N)c1cccs1. The molecule has 1 N–H and O–H groups in total. The van der Waals surface area contributed by atoms with Gasteiger partial charge in [0.15, 0.2) is 0 Å². The number of benzene rings is 1. The van der Waals surface area contributed by atoms with Gasteiger partial charge in [0, 0.05) is 30.8 Å². The molecule has 4 nitrogen and oxygen atoms in total. The fraction of sp³-hybridized carbons (Fsp3) is 0.450. The van der Waals surface area contributed by atoms with Gasteiger partial charge in [-0.1, -0.05) is 24.3 Å². The van der Waals surface area contributed by atoms with Crippen LogP contribution in [0.3, 0.4) is 0 Å². The normalized spacial score (nSPS) is 12.1. The zero-order valence-corrected chi connectivity index (χ0v) is 15.9. The number of hydrogen-bond acceptors (Lipinski definition) is 5. The lowest BCUT2D eigenvalue weighted by molar-refractivity contribution is 0.196. The highest BCUT2D eigenvalue weighted by Crippen LogP contribution is 2.30. The largest absolute Gasteiger partial charge is 0.485 e. The van der Waals surface area contributed by atoms with Gasteiger partial charge in [-0.15, -0.1) is 11.3 Å². The Labute approximate surface area is 155 Å². The molecule has 0 bridgehead atoms. The van der Waals surface area contributed by atoms with Crippen molar-refractivity contribution in [3.05, 3.63) is 52.2 Å². The molecule has 0 radical (unpaired) electrons. The van der Waals surface area contributed by atoms with E-state index >= 15 is 0 Å². The Bertz CT molecular complexity index is 651. The zero-order valence-electron chi connectivity index (χ0n) is 15.1. The summed E-state index contributed by atoms with van der Waals surface area (Å²) in [4.78, 5) is 3.45. The summed E-state index contributed by atoms with van der Waals surface area (Å²) in [5.74, 6) is 0.964. The lowest BCUT2D eigenvalue weighted by Gasteiger charge is -2.21. The van der Waals surface area contributed by atoms with Crippen LogP contribution in [0.25, 0.3) is 0 Å². The van der Waals surface area contributed by atoms with Crippen molar-refractivity contribution in [3.8, 4) is 11.8 Å². The Balaban J connectivity index is 2.03. The van der Waals surface area contributed by atoms with E-state index in [-0.39, 0.29) is 6.10 Å². The van der Waals surface area contributed by atoms with Crippen molar-refractivity contribution in [1.29, 1.82) is 5.26 Å². The second-order valence-corrected chi connectivity index (χ2v) is 7.06. The Morgan fingerprint density at radius 2 is 2.08 bits per heavy atom. The molecule has 134 valence electrons. The molecule has 0 saturated heterocycles. The highest BCUT2D eigenvalue weighted by Gasteiger charge is 2.16. The molecule has 1 aromatic carbocycles. The molecular weight excluding hydrogens is 330 g/mol. The third-order valence-electron chi connectivity index (χ3n) is 4.13. The predicted molar refractivity (Wildman–Crippen MR) is 104 cm³/mol. The Hall–Kier alpha value is -1.87. The molecule has 1 heterocycles. The van der Waals surface area contributed by atoms with E-state index in [9.17, 15) is 0 Å². The molecule has 2 rings (SSSR count). The van der Waals surface area contributed by atoms with Crippen molar-refractivity contribution in [2.75, 3.05) is 33.7 Å². The third kappa shape index (κ3) is 6.50. The summed E-state index contributed by atoms with van der Waals surface area (Å²) in [6, 6.07) is 14.7. The fourth-order valence-corrected chi connectivity index (χ4v) is 3.44. The zero-order chi connectivity index (χ0) is 17.9. The van der Waals surface area contributed by atoms with Crippen LogP contribution in [0.4, 0.5) is 0 Å². The van der Waals surface area contributed by atoms with Gasteiger partial charge in [0.1, 0.15) is 11.9 Å². The van der Waals surface area contributed by atoms with Gasteiger partial charge in [0.05, 0.1) is 6.07 Å². The Morgan fingerprint density at radius 1 is 1.24 bits per heavy atom. The van der Waals surface area contributed by atoms with E-state index in [0.29, 0.717) is 6.42 Å². The molecule has 1 aromatic heterocycles. The van der Waals surface area contributed by atoms with Crippen molar-refractivity contribution in [2.45, 2.75) is 25.4 Å². The summed E-state index contributed by atoms with van der Waals surface area (Å²) in [5.41, 5.74) is 1.22. The quantitative estimate of drug-likeness (QED) is 0.663. The minimum absolute atomic E-state index is 0.0740. The van der Waals surface area contributed by atoms with Crippen LogP contribution in [-0.4, -0.2) is 38.6 Å². The molecule has 0 amide bonds. The second kappa shape index (κ2) is 10.9. The van der Waals surface area contributed by atoms with Gasteiger partial charge in [0.25, 0.3) is 0 Å². The van der Waals surface area contributed by atoms with Crippen LogP contribution in [0.1, 0.15) is 29.4 Å². The second-order valence-electron chi connectivity index (χ2n) is 6.08. The fourth-order valence-electron chi connectivity index (χ4n) is 2.65. The maximum absolute atomic E-state index is 8.70. The highest BCUT2D eigenvalue weighted by atomic mass is 32.1. The molecule has 2 aromatic rings. The first-order chi connectivity index (χ1) is 12.2. The number of nitrogens with one attached hydrogen (secondary N) is 1. The monoisotopic (exact) mass is 357 g/mol. The van der Waals surface area contributed by atoms with E-state index in [1.165, 1.54) is 10.4 Å². The van der Waals surface area contributed by atoms with Crippen LogP contribution in [0, 0.1) is 11.3 Å². The van der Waals surface area contributed by atoms with Crippen LogP contribution < -0.4 is 10.1 Å². The van der Waals surface area contributed by atoms with Crippen LogP contribution in [0.5, 0.6) is 5.75 Å². The molecular formula is C20H27N3OS. The minimum atomic E-state index is 0.0740. The first-order valence-corrected chi connectivity index (χ1v) is 9.60.